The molecule has 0 aliphatic heterocycles. The van der Waals surface area contributed by atoms with Crippen LogP contribution in [0.3, 0.4) is 0 Å². The van der Waals surface area contributed by atoms with E-state index < -0.39 is 0 Å². The molecule has 0 fully saturated rings. The fourth-order valence-corrected chi connectivity index (χ4v) is 4.26. The number of hydrazone groups is 1. The van der Waals surface area contributed by atoms with Crippen molar-refractivity contribution >= 4 is 28.6 Å². The molecule has 0 amide bonds. The highest BCUT2D eigenvalue weighted by atomic mass is 15.3. The van der Waals surface area contributed by atoms with Crippen LogP contribution in [0.1, 0.15) is 16.8 Å². The first-order valence-electron chi connectivity index (χ1n) is 12.7. The first kappa shape index (κ1) is 24.0. The molecule has 188 valence electrons. The van der Waals surface area contributed by atoms with Crippen molar-refractivity contribution in [3.05, 3.63) is 144 Å². The minimum absolute atomic E-state index is 0.553. The minimum atomic E-state index is 0.553. The molecule has 4 aromatic carbocycles. The van der Waals surface area contributed by atoms with Crippen LogP contribution < -0.4 is 5.43 Å². The van der Waals surface area contributed by atoms with Crippen LogP contribution in [0.5, 0.6) is 0 Å². The molecular formula is C33H26N6. The highest BCUT2D eigenvalue weighted by Gasteiger charge is 2.12. The molecule has 0 aliphatic carbocycles. The molecule has 2 heterocycles. The van der Waals surface area contributed by atoms with E-state index >= 15 is 0 Å². The normalized spacial score (nSPS) is 11.8. The van der Waals surface area contributed by atoms with Gasteiger partial charge in [-0.2, -0.15) is 10.2 Å². The fourth-order valence-electron chi connectivity index (χ4n) is 4.26. The molecule has 0 bridgehead atoms. The fraction of sp³-hybridized carbons (Fsp3) is 0.0303. The zero-order valence-corrected chi connectivity index (χ0v) is 21.4. The molecule has 6 aromatic rings. The SMILES string of the molecule is Cc1ccc(N=C(NN=Cc2cn(-c3ccccc3)nc2-c2ccccc2)c2ccc3ccccc3n2)cc1. The van der Waals surface area contributed by atoms with Gasteiger partial charge in [0.15, 0.2) is 5.84 Å². The number of para-hydroxylation sites is 2. The molecule has 1 N–H and O–H groups in total. The van der Waals surface area contributed by atoms with Gasteiger partial charge in [-0.1, -0.05) is 90.5 Å². The minimum Gasteiger partial charge on any atom is -0.260 e. The average molecular weight is 507 g/mol. The van der Waals surface area contributed by atoms with Crippen molar-refractivity contribution in [2.24, 2.45) is 10.1 Å². The van der Waals surface area contributed by atoms with Crippen LogP contribution >= 0.6 is 0 Å². The van der Waals surface area contributed by atoms with Gasteiger partial charge in [0.1, 0.15) is 11.4 Å². The van der Waals surface area contributed by atoms with E-state index in [0.717, 1.165) is 39.1 Å². The number of pyridine rings is 1. The van der Waals surface area contributed by atoms with Crippen LogP contribution in [0, 0.1) is 6.92 Å². The summed E-state index contributed by atoms with van der Waals surface area (Å²) in [6.45, 7) is 2.06. The third-order valence-corrected chi connectivity index (χ3v) is 6.30. The van der Waals surface area contributed by atoms with E-state index in [2.05, 4.69) is 17.5 Å². The third kappa shape index (κ3) is 5.50. The summed E-state index contributed by atoms with van der Waals surface area (Å²) >= 11 is 0. The summed E-state index contributed by atoms with van der Waals surface area (Å²) in [6.07, 6.45) is 3.76. The van der Waals surface area contributed by atoms with Gasteiger partial charge in [-0.3, -0.25) is 5.43 Å². The van der Waals surface area contributed by atoms with Gasteiger partial charge in [-0.15, -0.1) is 0 Å². The number of amidine groups is 1. The molecule has 6 heteroatoms. The third-order valence-electron chi connectivity index (χ3n) is 6.30. The van der Waals surface area contributed by atoms with E-state index in [1.165, 1.54) is 5.56 Å². The Labute approximate surface area is 227 Å². The summed E-state index contributed by atoms with van der Waals surface area (Å²) in [4.78, 5) is 9.69. The summed E-state index contributed by atoms with van der Waals surface area (Å²) in [5.41, 5.74) is 10.5. The number of rotatable bonds is 6. The molecule has 0 unspecified atom stereocenters. The molecule has 0 saturated heterocycles. The van der Waals surface area contributed by atoms with E-state index in [0.29, 0.717) is 11.5 Å². The number of aliphatic imine (C=N–C) groups is 1. The van der Waals surface area contributed by atoms with Crippen molar-refractivity contribution in [1.29, 1.82) is 0 Å². The van der Waals surface area contributed by atoms with E-state index in [1.54, 1.807) is 6.21 Å². The summed E-state index contributed by atoms with van der Waals surface area (Å²) in [6, 6.07) is 40.2. The number of nitrogens with zero attached hydrogens (tertiary/aromatic N) is 5. The number of fused-ring (bicyclic) bond motifs is 1. The summed E-state index contributed by atoms with van der Waals surface area (Å²) < 4.78 is 1.87. The predicted octanol–water partition coefficient (Wildman–Crippen LogP) is 7.10. The maximum atomic E-state index is 4.87. The molecule has 0 atom stereocenters. The van der Waals surface area contributed by atoms with E-state index in [1.807, 2.05) is 132 Å². The molecule has 6 rings (SSSR count). The summed E-state index contributed by atoms with van der Waals surface area (Å²) in [7, 11) is 0. The number of hydrogen-bond acceptors (Lipinski definition) is 4. The van der Waals surface area contributed by atoms with Crippen molar-refractivity contribution in [2.75, 3.05) is 0 Å². The topological polar surface area (TPSA) is 67.5 Å². The van der Waals surface area contributed by atoms with E-state index in [-0.39, 0.29) is 0 Å². The second kappa shape index (κ2) is 10.9. The van der Waals surface area contributed by atoms with Gasteiger partial charge in [-0.25, -0.2) is 14.7 Å². The van der Waals surface area contributed by atoms with Gasteiger partial charge < -0.3 is 0 Å². The quantitative estimate of drug-likeness (QED) is 0.149. The number of benzene rings is 4. The summed E-state index contributed by atoms with van der Waals surface area (Å²) in [5, 5.41) is 10.5. The first-order valence-corrected chi connectivity index (χ1v) is 12.7. The van der Waals surface area contributed by atoms with Crippen LogP contribution in [0.25, 0.3) is 27.8 Å². The Hall–Kier alpha value is -5.36. The smallest absolute Gasteiger partial charge is 0.173 e. The number of aromatic nitrogens is 3. The van der Waals surface area contributed by atoms with Gasteiger partial charge in [0.2, 0.25) is 0 Å². The lowest BCUT2D eigenvalue weighted by Crippen LogP contribution is -2.20. The monoisotopic (exact) mass is 506 g/mol. The predicted molar refractivity (Wildman–Crippen MR) is 159 cm³/mol. The molecule has 0 saturated carbocycles. The maximum Gasteiger partial charge on any atom is 0.173 e. The lowest BCUT2D eigenvalue weighted by molar-refractivity contribution is 0.884. The van der Waals surface area contributed by atoms with Crippen LogP contribution in [-0.4, -0.2) is 26.8 Å². The van der Waals surface area contributed by atoms with Crippen molar-refractivity contribution < 1.29 is 0 Å². The van der Waals surface area contributed by atoms with Crippen LogP contribution in [0.15, 0.2) is 138 Å². The van der Waals surface area contributed by atoms with Gasteiger partial charge in [0.05, 0.1) is 23.1 Å². The second-order valence-corrected chi connectivity index (χ2v) is 9.13. The average Bonchev–Trinajstić information content (AvgIpc) is 3.42. The van der Waals surface area contributed by atoms with Crippen LogP contribution in [0.2, 0.25) is 0 Å². The van der Waals surface area contributed by atoms with Gasteiger partial charge >= 0.3 is 0 Å². The maximum absolute atomic E-state index is 4.87. The van der Waals surface area contributed by atoms with Crippen LogP contribution in [0.4, 0.5) is 5.69 Å². The standard InChI is InChI=1S/C33H26N6/c1-24-16-19-28(20-17-24)35-33(31-21-18-25-10-8-9-15-30(25)36-31)37-34-22-27-23-39(29-13-6-3-7-14-29)38-32(27)26-11-4-2-5-12-26/h2-23H,1H3,(H,35,37). The van der Waals surface area contributed by atoms with Gasteiger partial charge in [0.25, 0.3) is 0 Å². The summed E-state index contributed by atoms with van der Waals surface area (Å²) in [5.74, 6) is 0.553. The van der Waals surface area contributed by atoms with E-state index in [4.69, 9.17) is 15.1 Å². The number of hydrogen-bond donors (Lipinski definition) is 1. The Morgan fingerprint density at radius 2 is 1.49 bits per heavy atom. The Morgan fingerprint density at radius 1 is 0.769 bits per heavy atom. The van der Waals surface area contributed by atoms with Crippen molar-refractivity contribution in [1.82, 2.24) is 20.2 Å². The van der Waals surface area contributed by atoms with Crippen molar-refractivity contribution in [3.8, 4) is 16.9 Å². The zero-order valence-electron chi connectivity index (χ0n) is 21.4. The Kier molecular flexibility index (Phi) is 6.74. The zero-order chi connectivity index (χ0) is 26.4. The highest BCUT2D eigenvalue weighted by molar-refractivity contribution is 6.01. The lowest BCUT2D eigenvalue weighted by atomic mass is 10.1. The molecule has 6 nitrogen and oxygen atoms in total. The van der Waals surface area contributed by atoms with Gasteiger partial charge in [0, 0.05) is 22.7 Å². The number of aryl methyl sites for hydroxylation is 1. The molecule has 0 radical (unpaired) electrons. The lowest BCUT2D eigenvalue weighted by Gasteiger charge is -2.07. The first-order chi connectivity index (χ1) is 19.2. The molecule has 0 aliphatic rings. The van der Waals surface area contributed by atoms with E-state index in [9.17, 15) is 0 Å². The van der Waals surface area contributed by atoms with Crippen molar-refractivity contribution in [3.63, 3.8) is 0 Å². The van der Waals surface area contributed by atoms with Crippen LogP contribution in [-0.2, 0) is 0 Å². The Morgan fingerprint density at radius 3 is 2.28 bits per heavy atom. The van der Waals surface area contributed by atoms with Gasteiger partial charge in [-0.05, 0) is 43.3 Å². The molecule has 39 heavy (non-hydrogen) atoms. The molecule has 2 aromatic heterocycles. The second-order valence-electron chi connectivity index (χ2n) is 9.13. The molecular weight excluding hydrogens is 480 g/mol. The number of nitrogens with one attached hydrogen (secondary N) is 1. The Balaban J connectivity index is 1.37. The molecule has 0 spiro atoms. The highest BCUT2D eigenvalue weighted by Crippen LogP contribution is 2.22. The largest absolute Gasteiger partial charge is 0.260 e. The van der Waals surface area contributed by atoms with Crippen molar-refractivity contribution in [2.45, 2.75) is 6.92 Å². The Bertz CT molecular complexity index is 1770.